The van der Waals surface area contributed by atoms with Crippen LogP contribution in [0.5, 0.6) is 5.75 Å². The minimum Gasteiger partial charge on any atom is -0.492 e. The fourth-order valence-electron chi connectivity index (χ4n) is 2.80. The first-order valence-corrected chi connectivity index (χ1v) is 7.58. The molecule has 0 amide bonds. The molecule has 21 heavy (non-hydrogen) atoms. The molecule has 1 unspecified atom stereocenters. The van der Waals surface area contributed by atoms with Gasteiger partial charge < -0.3 is 19.7 Å². The van der Waals surface area contributed by atoms with Crippen molar-refractivity contribution in [3.8, 4) is 5.75 Å². The van der Waals surface area contributed by atoms with Gasteiger partial charge in [-0.3, -0.25) is 4.90 Å². The first-order valence-electron chi connectivity index (χ1n) is 7.58. The van der Waals surface area contributed by atoms with Crippen LogP contribution in [0, 0.1) is 0 Å². The van der Waals surface area contributed by atoms with Gasteiger partial charge in [-0.05, 0) is 51.1 Å². The number of hydrogen-bond acceptors (Lipinski definition) is 5. The topological polar surface area (TPSA) is 56.2 Å². The van der Waals surface area contributed by atoms with E-state index < -0.39 is 7.12 Å². The van der Waals surface area contributed by atoms with Crippen LogP contribution in [0.3, 0.4) is 0 Å². The van der Waals surface area contributed by atoms with E-state index in [1.807, 2.05) is 6.07 Å². The van der Waals surface area contributed by atoms with Crippen molar-refractivity contribution in [3.05, 3.63) is 24.3 Å². The molecule has 0 spiro atoms. The number of nitrogens with zero attached hydrogens (tertiary/aromatic N) is 2. The molecule has 0 aromatic heterocycles. The summed E-state index contributed by atoms with van der Waals surface area (Å²) < 4.78 is 5.74. The van der Waals surface area contributed by atoms with Crippen molar-refractivity contribution >= 4 is 12.6 Å². The normalized spacial score (nSPS) is 21.0. The van der Waals surface area contributed by atoms with Crippen molar-refractivity contribution in [2.24, 2.45) is 0 Å². The zero-order valence-electron chi connectivity index (χ0n) is 12.9. The zero-order chi connectivity index (χ0) is 15.2. The largest absolute Gasteiger partial charge is 0.492 e. The quantitative estimate of drug-likeness (QED) is 0.734. The average molecular weight is 292 g/mol. The van der Waals surface area contributed by atoms with Crippen molar-refractivity contribution in [1.29, 1.82) is 0 Å². The Bertz CT molecular complexity index is 445. The molecular weight excluding hydrogens is 267 g/mol. The summed E-state index contributed by atoms with van der Waals surface area (Å²) in [6.45, 7) is 7.10. The minimum absolute atomic E-state index is 0.456. The van der Waals surface area contributed by atoms with Gasteiger partial charge in [0.25, 0.3) is 0 Å². The smallest absolute Gasteiger partial charge is 0.488 e. The van der Waals surface area contributed by atoms with E-state index in [0.717, 1.165) is 26.2 Å². The Morgan fingerprint density at radius 1 is 1.33 bits per heavy atom. The molecular formula is C15H25BN2O3. The standard InChI is InChI=1S/C15H25BN2O3/c1-13-12-17(2)7-4-8-18(13)9-10-21-15-6-3-5-14(11-15)16(19)20/h3,5-6,11,13,19-20H,4,7-10,12H2,1-2H3. The molecule has 0 aliphatic carbocycles. The van der Waals surface area contributed by atoms with E-state index in [9.17, 15) is 0 Å². The summed E-state index contributed by atoms with van der Waals surface area (Å²) in [6, 6.07) is 7.49. The molecule has 116 valence electrons. The summed E-state index contributed by atoms with van der Waals surface area (Å²) >= 11 is 0. The first-order chi connectivity index (χ1) is 10.1. The van der Waals surface area contributed by atoms with Gasteiger partial charge in [0.1, 0.15) is 12.4 Å². The first kappa shape index (κ1) is 16.3. The molecule has 0 saturated carbocycles. The number of likely N-dealkylation sites (N-methyl/N-ethyl adjacent to an activating group) is 1. The molecule has 2 rings (SSSR count). The number of benzene rings is 1. The van der Waals surface area contributed by atoms with Gasteiger partial charge in [0.2, 0.25) is 0 Å². The van der Waals surface area contributed by atoms with E-state index in [-0.39, 0.29) is 0 Å². The third kappa shape index (κ3) is 5.00. The van der Waals surface area contributed by atoms with Crippen LogP contribution in [0.25, 0.3) is 0 Å². The molecule has 5 nitrogen and oxygen atoms in total. The highest BCUT2D eigenvalue weighted by Gasteiger charge is 2.19. The van der Waals surface area contributed by atoms with Crippen LogP contribution in [0.2, 0.25) is 0 Å². The van der Waals surface area contributed by atoms with Crippen LogP contribution in [0.1, 0.15) is 13.3 Å². The lowest BCUT2D eigenvalue weighted by Crippen LogP contribution is -2.40. The van der Waals surface area contributed by atoms with Gasteiger partial charge in [0, 0.05) is 19.1 Å². The predicted octanol–water partition coefficient (Wildman–Crippen LogP) is -0.229. The zero-order valence-corrected chi connectivity index (χ0v) is 12.9. The summed E-state index contributed by atoms with van der Waals surface area (Å²) in [5, 5.41) is 18.3. The lowest BCUT2D eigenvalue weighted by Gasteiger charge is -2.27. The Morgan fingerprint density at radius 2 is 2.14 bits per heavy atom. The van der Waals surface area contributed by atoms with Crippen LogP contribution < -0.4 is 10.2 Å². The molecule has 6 heteroatoms. The molecule has 0 bridgehead atoms. The minimum atomic E-state index is -1.45. The number of hydrogen-bond donors (Lipinski definition) is 2. The van der Waals surface area contributed by atoms with Gasteiger partial charge in [-0.2, -0.15) is 0 Å². The summed E-state index contributed by atoms with van der Waals surface area (Å²) in [5.41, 5.74) is 0.456. The molecule has 1 atom stereocenters. The Balaban J connectivity index is 1.82. The second kappa shape index (κ2) is 7.80. The van der Waals surface area contributed by atoms with Gasteiger partial charge in [0.15, 0.2) is 0 Å². The Labute approximate surface area is 127 Å². The molecule has 1 aromatic rings. The van der Waals surface area contributed by atoms with Crippen molar-refractivity contribution in [3.63, 3.8) is 0 Å². The summed E-state index contributed by atoms with van der Waals surface area (Å²) in [4.78, 5) is 4.83. The number of ether oxygens (including phenoxy) is 1. The van der Waals surface area contributed by atoms with Crippen LogP contribution in [-0.2, 0) is 0 Å². The summed E-state index contributed by atoms with van der Waals surface area (Å²) in [5.74, 6) is 0.681. The Morgan fingerprint density at radius 3 is 2.90 bits per heavy atom. The SMILES string of the molecule is CC1CN(C)CCCN1CCOc1cccc(B(O)O)c1. The summed E-state index contributed by atoms with van der Waals surface area (Å²) in [6.07, 6.45) is 1.19. The molecule has 0 radical (unpaired) electrons. The van der Waals surface area contributed by atoms with Gasteiger partial charge in [-0.15, -0.1) is 0 Å². The maximum atomic E-state index is 9.16. The van der Waals surface area contributed by atoms with Crippen molar-refractivity contribution in [2.75, 3.05) is 39.8 Å². The lowest BCUT2D eigenvalue weighted by atomic mass is 9.80. The van der Waals surface area contributed by atoms with E-state index >= 15 is 0 Å². The van der Waals surface area contributed by atoms with Crippen molar-refractivity contribution in [2.45, 2.75) is 19.4 Å². The van der Waals surface area contributed by atoms with E-state index in [4.69, 9.17) is 14.8 Å². The molecule has 1 saturated heterocycles. The van der Waals surface area contributed by atoms with Gasteiger partial charge in [-0.25, -0.2) is 0 Å². The molecule has 1 aliphatic rings. The van der Waals surface area contributed by atoms with Crippen LogP contribution in [0.15, 0.2) is 24.3 Å². The highest BCUT2D eigenvalue weighted by atomic mass is 16.5. The third-order valence-electron chi connectivity index (χ3n) is 3.99. The molecule has 1 aromatic carbocycles. The highest BCUT2D eigenvalue weighted by Crippen LogP contribution is 2.10. The Hall–Kier alpha value is -1.08. The second-order valence-corrected chi connectivity index (χ2v) is 5.80. The molecule has 1 fully saturated rings. The van der Waals surface area contributed by atoms with Gasteiger partial charge in [-0.1, -0.05) is 12.1 Å². The maximum absolute atomic E-state index is 9.16. The fourth-order valence-corrected chi connectivity index (χ4v) is 2.80. The van der Waals surface area contributed by atoms with Crippen LogP contribution in [-0.4, -0.2) is 72.8 Å². The summed E-state index contributed by atoms with van der Waals surface area (Å²) in [7, 11) is 0.720. The Kier molecular flexibility index (Phi) is 6.05. The van der Waals surface area contributed by atoms with Crippen LogP contribution in [0.4, 0.5) is 0 Å². The second-order valence-electron chi connectivity index (χ2n) is 5.80. The monoisotopic (exact) mass is 292 g/mol. The van der Waals surface area contributed by atoms with Gasteiger partial charge >= 0.3 is 7.12 Å². The third-order valence-corrected chi connectivity index (χ3v) is 3.99. The molecule has 2 N–H and O–H groups in total. The van der Waals surface area contributed by atoms with E-state index in [1.54, 1.807) is 18.2 Å². The highest BCUT2D eigenvalue weighted by molar-refractivity contribution is 6.58. The average Bonchev–Trinajstić information content (AvgIpc) is 2.60. The van der Waals surface area contributed by atoms with Crippen molar-refractivity contribution < 1.29 is 14.8 Å². The lowest BCUT2D eigenvalue weighted by molar-refractivity contribution is 0.166. The molecule has 1 aliphatic heterocycles. The van der Waals surface area contributed by atoms with E-state index in [2.05, 4.69) is 23.8 Å². The van der Waals surface area contributed by atoms with E-state index in [1.165, 1.54) is 6.42 Å². The number of rotatable bonds is 5. The van der Waals surface area contributed by atoms with Gasteiger partial charge in [0.05, 0.1) is 0 Å². The fraction of sp³-hybridized carbons (Fsp3) is 0.600. The van der Waals surface area contributed by atoms with Crippen LogP contribution >= 0.6 is 0 Å². The van der Waals surface area contributed by atoms with Crippen molar-refractivity contribution in [1.82, 2.24) is 9.80 Å². The maximum Gasteiger partial charge on any atom is 0.488 e. The molecule has 1 heterocycles. The predicted molar refractivity (Wildman–Crippen MR) is 84.9 cm³/mol. The van der Waals surface area contributed by atoms with E-state index in [0.29, 0.717) is 23.9 Å².